The number of hydrogen-bond acceptors (Lipinski definition) is 15. The number of aryl methyl sites for hydroxylation is 1. The molecule has 4 aromatic carbocycles. The van der Waals surface area contributed by atoms with Crippen molar-refractivity contribution in [2.24, 2.45) is 12.8 Å². The van der Waals surface area contributed by atoms with Gasteiger partial charge in [-0.15, -0.1) is 0 Å². The molecule has 1 aromatic heterocycles. The van der Waals surface area contributed by atoms with E-state index in [1.807, 2.05) is 69.8 Å². The summed E-state index contributed by atoms with van der Waals surface area (Å²) < 4.78 is 113. The van der Waals surface area contributed by atoms with Gasteiger partial charge in [0.2, 0.25) is 37.8 Å². The van der Waals surface area contributed by atoms with E-state index in [2.05, 4.69) is 87.0 Å². The Kier molecular flexibility index (Phi) is 33.4. The second-order valence-corrected chi connectivity index (χ2v) is 33.6. The van der Waals surface area contributed by atoms with E-state index in [0.717, 1.165) is 58.4 Å². The molecule has 0 unspecified atom stereocenters. The number of nitrogens with two attached hydrogens (primary N) is 1. The van der Waals surface area contributed by atoms with Gasteiger partial charge in [-0.25, -0.2) is 35.4 Å². The molecule has 3 amide bonds. The number of ether oxygens (including phenoxy) is 3. The van der Waals surface area contributed by atoms with Crippen molar-refractivity contribution in [3.05, 3.63) is 139 Å². The number of imidazole rings is 1. The number of halogens is 2. The third kappa shape index (κ3) is 28.9. The van der Waals surface area contributed by atoms with Crippen LogP contribution in [0.4, 0.5) is 8.78 Å². The summed E-state index contributed by atoms with van der Waals surface area (Å²) >= 11 is 0. The smallest absolute Gasteiger partial charge is 0.326 e. The quantitative estimate of drug-likeness (QED) is 0.0380. The molecule has 0 aliphatic carbocycles. The van der Waals surface area contributed by atoms with Gasteiger partial charge in [-0.1, -0.05) is 49.2 Å². The maximum absolute atomic E-state index is 13.9. The largest absolute Gasteiger partial charge is 0.491 e. The first kappa shape index (κ1) is 85.1. The van der Waals surface area contributed by atoms with Crippen LogP contribution >= 0.6 is 0 Å². The second-order valence-electron chi connectivity index (χ2n) is 29.8. The number of hydrogen-bond donors (Lipinski definition) is 7. The number of amides is 3. The Balaban J connectivity index is 0.000000331. The van der Waals surface area contributed by atoms with E-state index in [4.69, 9.17) is 22.6 Å². The fourth-order valence-corrected chi connectivity index (χ4v) is 17.1. The van der Waals surface area contributed by atoms with E-state index in [-0.39, 0.29) is 120 Å². The number of carboxylic acid groups (broad SMARTS) is 1. The number of carbonyl (C=O) groups is 4. The van der Waals surface area contributed by atoms with E-state index >= 15 is 0 Å². The van der Waals surface area contributed by atoms with Crippen LogP contribution in [-0.4, -0.2) is 172 Å². The second kappa shape index (κ2) is 40.1. The van der Waals surface area contributed by atoms with Gasteiger partial charge in [-0.05, 0) is 222 Å². The van der Waals surface area contributed by atoms with Crippen LogP contribution in [0.15, 0.2) is 126 Å². The Bertz CT molecular complexity index is 3660. The Labute approximate surface area is 633 Å². The topological polar surface area (TPSA) is 295 Å². The van der Waals surface area contributed by atoms with Gasteiger partial charge in [0, 0.05) is 124 Å². The molecular weight excluding hydrogens is 1570 g/mol. The number of carboxylic acids is 1. The fourth-order valence-electron chi connectivity index (χ4n) is 13.8. The molecule has 5 aliphatic heterocycles. The maximum atomic E-state index is 13.9. The standard InChI is InChI=1S/C33H47FN4O5S.C24H29FN2O6S.C9H20N2.C4H6N2.C4H8O.BH2.U/c1-22(2)43-26-15-13-23(14-16-26)18-28(30(39)35-25-20-32(3,4)37-33(5,6)21-25)36-31(40)29-12-7-8-17-38(29)44(41,42)27-11-9-10-24(34)19-27;1-16(2)33-19-11-9-17(10-12-19)14-21(24(29)30)26-23(28)22-8-3-4-13-27(22)34(31,32)20-7-5-6-18(25)15-20;1-8(2)5-7(10)6-9(3,4)11-8;1-6-3-2-5-4-6;1-2-4-5-3-1;;/h9-11,13-16,19,22,25,28-29,37H,7-8,12,17-18,20-21H2,1-6H3,(H,35,39)(H,36,40);5-7,9-12,15-16,21-22H,3-4,8,13-14H2,1-2H3,(H,26,28)(H,29,30);7,11H,5-6,10H2,1-4H3;2-4H,1H3;1-4H2;1H2;/t28-,29-;21-,22-;;;;;/m00...../s1/i;;;;;1T2;. The third-order valence-electron chi connectivity index (χ3n) is 17.3. The van der Waals surface area contributed by atoms with Gasteiger partial charge in [0.05, 0.1) is 36.7 Å². The fraction of sp³-hybridized carbons (Fsp3) is 0.581. The zero-order chi connectivity index (χ0) is 76.5. The summed E-state index contributed by atoms with van der Waals surface area (Å²) in [6, 6.07) is 19.7. The summed E-state index contributed by atoms with van der Waals surface area (Å²) in [5.41, 5.74) is 7.47. The van der Waals surface area contributed by atoms with Crippen molar-refractivity contribution in [1.29, 1.82) is 2.67 Å². The summed E-state index contributed by atoms with van der Waals surface area (Å²) in [5, 5.41) is 25.4. The normalized spacial score (nSPS) is 20.3. The van der Waals surface area contributed by atoms with E-state index in [0.29, 0.717) is 76.4 Å². The molecule has 5 aliphatic rings. The van der Waals surface area contributed by atoms with Crippen LogP contribution in [0.5, 0.6) is 11.5 Å². The molecule has 5 aromatic rings. The third-order valence-corrected chi connectivity index (χ3v) is 21.1. The number of aliphatic carboxylic acids is 1. The predicted molar refractivity (Wildman–Crippen MR) is 392 cm³/mol. The summed E-state index contributed by atoms with van der Waals surface area (Å²) in [6.07, 6.45) is 14.7. The molecule has 10 rings (SSSR count). The number of carbonyl (C=O) groups excluding carboxylic acids is 3. The molecule has 563 valence electrons. The van der Waals surface area contributed by atoms with Crippen molar-refractivity contribution in [2.75, 3.05) is 26.3 Å². The van der Waals surface area contributed by atoms with Gasteiger partial charge in [0.1, 0.15) is 47.3 Å². The number of benzene rings is 4. The van der Waals surface area contributed by atoms with Gasteiger partial charge in [0.25, 0.3) is 0 Å². The van der Waals surface area contributed by atoms with Crippen LogP contribution < -0.4 is 41.8 Å². The molecule has 1 radical (unpaired) electrons. The minimum Gasteiger partial charge on any atom is -0.491 e. The van der Waals surface area contributed by atoms with E-state index in [1.165, 1.54) is 43.2 Å². The van der Waals surface area contributed by atoms with E-state index in [1.54, 1.807) is 36.8 Å². The molecule has 0 bridgehead atoms. The van der Waals surface area contributed by atoms with Crippen molar-refractivity contribution in [1.82, 2.24) is 44.7 Å². The predicted octanol–water partition coefficient (Wildman–Crippen LogP) is 8.83. The molecule has 6 heterocycles. The van der Waals surface area contributed by atoms with Crippen molar-refractivity contribution >= 4 is 52.1 Å². The first-order valence-corrected chi connectivity index (χ1v) is 37.7. The van der Waals surface area contributed by atoms with Gasteiger partial charge in [-0.3, -0.25) is 14.4 Å². The number of nitrogens with one attached hydrogen (secondary N) is 5. The minimum absolute atomic E-state index is 0. The average molecular weight is 1690 g/mol. The van der Waals surface area contributed by atoms with Crippen LogP contribution in [0.3, 0.4) is 0 Å². The Morgan fingerprint density at radius 1 is 0.657 bits per heavy atom. The molecule has 0 saturated carbocycles. The number of sulfonamides is 2. The Morgan fingerprint density at radius 3 is 1.39 bits per heavy atom. The number of rotatable bonds is 19. The minimum atomic E-state index is -4.15. The molecule has 22 nitrogen and oxygen atoms in total. The summed E-state index contributed by atoms with van der Waals surface area (Å²) in [5.74, 6) is -2.81. The van der Waals surface area contributed by atoms with E-state index < -0.39 is 73.6 Å². The molecule has 5 saturated heterocycles. The summed E-state index contributed by atoms with van der Waals surface area (Å²) in [7, 11) is -5.85. The van der Waals surface area contributed by atoms with Gasteiger partial charge in [0.15, 0.2) is 0 Å². The maximum Gasteiger partial charge on any atom is 0.326 e. The SMILES string of the molecule is C1CCOC1.CC(C)Oc1ccc(C[C@H](NC(=O)[C@@H]2CCCCN2S(=O)(=O)c2cccc(F)c2)C(=O)NC2CC(C)(C)NC(C)(C)C2)cc1.CC(C)Oc1ccc(C[C@H](NC(=O)[C@@H]2CCCCN2S(=O)(=O)c2cccc(F)c2)C(=O)O)cc1.CC1(C)CC(N)CC(C)(C)N1.Cn1ccnc1.[3H][B][3H].[U]. The van der Waals surface area contributed by atoms with Crippen LogP contribution in [0, 0.1) is 42.7 Å². The average Bonchev–Trinajstić information content (AvgIpc) is 0.907. The van der Waals surface area contributed by atoms with Crippen molar-refractivity contribution in [3.63, 3.8) is 0 Å². The first-order chi connectivity index (χ1) is 48.2. The van der Waals surface area contributed by atoms with Gasteiger partial charge >= 0.3 is 5.97 Å². The van der Waals surface area contributed by atoms with Crippen LogP contribution in [0.1, 0.15) is 171 Å². The van der Waals surface area contributed by atoms with Gasteiger partial charge < -0.3 is 56.2 Å². The molecule has 28 heteroatoms. The number of piperidine rings is 4. The number of nitrogens with zero attached hydrogens (tertiary/aromatic N) is 4. The Morgan fingerprint density at radius 2 is 1.06 bits per heavy atom. The zero-order valence-corrected chi connectivity index (χ0v) is 67.6. The molecular formula is C74H112BF2N10O12S2U. The van der Waals surface area contributed by atoms with Crippen LogP contribution in [-0.2, 0) is 63.9 Å². The Hall–Kier alpha value is -5.79. The summed E-state index contributed by atoms with van der Waals surface area (Å²) in [4.78, 5) is 55.9. The van der Waals surface area contributed by atoms with Crippen molar-refractivity contribution < 1.29 is 95.2 Å². The molecule has 4 atom stereocenters. The molecule has 0 spiro atoms. The number of aromatic nitrogens is 2. The van der Waals surface area contributed by atoms with Crippen molar-refractivity contribution in [3.8, 4) is 11.5 Å². The summed E-state index contributed by atoms with van der Waals surface area (Å²) in [6.45, 7) is 27.2. The molecule has 102 heavy (non-hydrogen) atoms. The van der Waals surface area contributed by atoms with E-state index in [9.17, 15) is 49.9 Å². The molecule has 5 fully saturated rings. The van der Waals surface area contributed by atoms with Gasteiger partial charge in [-0.2, -0.15) is 8.61 Å². The first-order valence-electron chi connectivity index (χ1n) is 36.0. The molecule has 8 N–H and O–H groups in total. The van der Waals surface area contributed by atoms with Crippen LogP contribution in [0.25, 0.3) is 0 Å². The van der Waals surface area contributed by atoms with Crippen molar-refractivity contribution in [2.45, 2.75) is 253 Å². The monoisotopic (exact) mass is 1690 g/mol. The zero-order valence-electron chi connectivity index (χ0n) is 63.8. The van der Waals surface area contributed by atoms with Crippen LogP contribution in [0.2, 0.25) is 0 Å².